The van der Waals surface area contributed by atoms with Crippen molar-refractivity contribution >= 4 is 0 Å². The van der Waals surface area contributed by atoms with Gasteiger partial charge < -0.3 is 0 Å². The fourth-order valence-corrected chi connectivity index (χ4v) is 0. The number of rotatable bonds is 0. The van der Waals surface area contributed by atoms with Crippen LogP contribution in [0.3, 0.4) is 0 Å². The molecule has 0 aliphatic rings. The van der Waals surface area contributed by atoms with Crippen molar-refractivity contribution in [2.24, 2.45) is 0 Å². The van der Waals surface area contributed by atoms with E-state index in [4.69, 9.17) is 0 Å². The summed E-state index contributed by atoms with van der Waals surface area (Å²) in [7, 11) is 0. The van der Waals surface area contributed by atoms with Crippen LogP contribution in [0.4, 0.5) is 8.78 Å². The van der Waals surface area contributed by atoms with Crippen LogP contribution >= 0.6 is 0 Å². The molecule has 0 saturated carbocycles. The first-order valence-corrected chi connectivity index (χ1v) is 3.38. The molecular formula is C8H18F2. The summed E-state index contributed by atoms with van der Waals surface area (Å²) in [5, 5.41) is 0. The van der Waals surface area contributed by atoms with Gasteiger partial charge in [-0.05, 0) is 41.5 Å². The molecule has 0 saturated heterocycles. The van der Waals surface area contributed by atoms with E-state index in [1.165, 1.54) is 41.5 Å². The number of alkyl halides is 2. The van der Waals surface area contributed by atoms with Gasteiger partial charge in [0.25, 0.3) is 0 Å². The average Bonchev–Trinajstić information content (AvgIpc) is 1.12. The van der Waals surface area contributed by atoms with Crippen LogP contribution in [0.15, 0.2) is 0 Å². The third-order valence-electron chi connectivity index (χ3n) is 0. The minimum absolute atomic E-state index is 1.00. The molecule has 0 rings (SSSR count). The SMILES string of the molecule is CC(C)(C)F.CC(C)(C)F. The molecule has 0 aromatic heterocycles. The maximum absolute atomic E-state index is 11.7. The summed E-state index contributed by atoms with van der Waals surface area (Å²) in [4.78, 5) is 0. The van der Waals surface area contributed by atoms with Gasteiger partial charge in [0.1, 0.15) is 11.3 Å². The first-order valence-electron chi connectivity index (χ1n) is 3.38. The van der Waals surface area contributed by atoms with Gasteiger partial charge in [0.2, 0.25) is 0 Å². The van der Waals surface area contributed by atoms with Gasteiger partial charge in [-0.1, -0.05) is 0 Å². The Balaban J connectivity index is 0. The van der Waals surface area contributed by atoms with E-state index in [0.29, 0.717) is 0 Å². The predicted molar refractivity (Wildman–Crippen MR) is 41.7 cm³/mol. The molecule has 0 nitrogen and oxygen atoms in total. The van der Waals surface area contributed by atoms with Crippen molar-refractivity contribution in [2.45, 2.75) is 52.9 Å². The molecule has 0 amide bonds. The van der Waals surface area contributed by atoms with Crippen LogP contribution in [0.25, 0.3) is 0 Å². The molecule has 0 fully saturated rings. The van der Waals surface area contributed by atoms with Gasteiger partial charge in [-0.15, -0.1) is 0 Å². The molecule has 0 spiro atoms. The summed E-state index contributed by atoms with van der Waals surface area (Å²) in [6, 6.07) is 0. The maximum atomic E-state index is 11.7. The Labute approximate surface area is 62.6 Å². The smallest absolute Gasteiger partial charge is 0.102 e. The molecule has 0 aliphatic heterocycles. The zero-order valence-electron chi connectivity index (χ0n) is 7.76. The summed E-state index contributed by atoms with van der Waals surface area (Å²) >= 11 is 0. The molecule has 0 aliphatic carbocycles. The van der Waals surface area contributed by atoms with Crippen LogP contribution in [0.5, 0.6) is 0 Å². The second-order valence-corrected chi connectivity index (χ2v) is 4.13. The maximum Gasteiger partial charge on any atom is 0.102 e. The van der Waals surface area contributed by atoms with Crippen molar-refractivity contribution in [1.29, 1.82) is 0 Å². The lowest BCUT2D eigenvalue weighted by Crippen LogP contribution is -2.01. The lowest BCUT2D eigenvalue weighted by Gasteiger charge is -1.99. The highest BCUT2D eigenvalue weighted by Gasteiger charge is 2.02. The Morgan fingerprint density at radius 2 is 0.600 bits per heavy atom. The number of hydrogen-bond acceptors (Lipinski definition) is 0. The van der Waals surface area contributed by atoms with Crippen LogP contribution in [-0.2, 0) is 0 Å². The Morgan fingerprint density at radius 1 is 0.600 bits per heavy atom. The summed E-state index contributed by atoms with van der Waals surface area (Å²) in [5.41, 5.74) is -2.00. The molecule has 0 unspecified atom stereocenters. The molecule has 0 N–H and O–H groups in total. The van der Waals surface area contributed by atoms with Gasteiger partial charge in [-0.2, -0.15) is 0 Å². The summed E-state index contributed by atoms with van der Waals surface area (Å²) < 4.78 is 23.4. The highest BCUT2D eigenvalue weighted by atomic mass is 19.1. The molecule has 0 aromatic carbocycles. The summed E-state index contributed by atoms with van der Waals surface area (Å²) in [5.74, 6) is 0. The minimum atomic E-state index is -1.00. The first kappa shape index (κ1) is 12.5. The van der Waals surface area contributed by atoms with Crippen molar-refractivity contribution in [3.63, 3.8) is 0 Å². The normalized spacial score (nSPS) is 12.0. The van der Waals surface area contributed by atoms with E-state index >= 15 is 0 Å². The fourth-order valence-electron chi connectivity index (χ4n) is 0. The summed E-state index contributed by atoms with van der Waals surface area (Å²) in [6.45, 7) is 9.13. The molecule has 2 heteroatoms. The lowest BCUT2D eigenvalue weighted by atomic mass is 10.2. The van der Waals surface area contributed by atoms with E-state index in [9.17, 15) is 8.78 Å². The monoisotopic (exact) mass is 152 g/mol. The van der Waals surface area contributed by atoms with Crippen molar-refractivity contribution in [2.75, 3.05) is 0 Å². The minimum Gasteiger partial charge on any atom is -0.245 e. The predicted octanol–water partition coefficient (Wildman–Crippen LogP) is 3.51. The van der Waals surface area contributed by atoms with E-state index in [-0.39, 0.29) is 0 Å². The highest BCUT2D eigenvalue weighted by molar-refractivity contribution is 4.52. The molecule has 10 heavy (non-hydrogen) atoms. The zero-order chi connectivity index (χ0) is 9.00. The summed E-state index contributed by atoms with van der Waals surface area (Å²) in [6.07, 6.45) is 0. The van der Waals surface area contributed by atoms with Crippen molar-refractivity contribution in [1.82, 2.24) is 0 Å². The molecule has 0 heterocycles. The van der Waals surface area contributed by atoms with E-state index in [1.54, 1.807) is 0 Å². The Morgan fingerprint density at radius 3 is 0.600 bits per heavy atom. The Bertz CT molecular complexity index is 50.2. The largest absolute Gasteiger partial charge is 0.245 e. The van der Waals surface area contributed by atoms with Crippen LogP contribution in [-0.4, -0.2) is 11.3 Å². The second kappa shape index (κ2) is 3.89. The van der Waals surface area contributed by atoms with Crippen LogP contribution in [0, 0.1) is 0 Å². The van der Waals surface area contributed by atoms with Crippen molar-refractivity contribution in [3.8, 4) is 0 Å². The van der Waals surface area contributed by atoms with Crippen molar-refractivity contribution < 1.29 is 8.78 Å². The van der Waals surface area contributed by atoms with Gasteiger partial charge in [-0.25, -0.2) is 8.78 Å². The standard InChI is InChI=1S/2C4H9F/c2*1-4(2,3)5/h2*1-3H3. The van der Waals surface area contributed by atoms with E-state index in [2.05, 4.69) is 0 Å². The fraction of sp³-hybridized carbons (Fsp3) is 1.00. The Kier molecular flexibility index (Phi) is 4.88. The van der Waals surface area contributed by atoms with E-state index in [1.807, 2.05) is 0 Å². The zero-order valence-corrected chi connectivity index (χ0v) is 7.76. The molecule has 0 bridgehead atoms. The third-order valence-corrected chi connectivity index (χ3v) is 0. The van der Waals surface area contributed by atoms with Crippen LogP contribution < -0.4 is 0 Å². The number of hydrogen-bond donors (Lipinski definition) is 0. The van der Waals surface area contributed by atoms with Gasteiger partial charge in [-0.3, -0.25) is 0 Å². The van der Waals surface area contributed by atoms with E-state index < -0.39 is 11.3 Å². The molecule has 0 atom stereocenters. The first-order chi connectivity index (χ1) is 4.00. The third kappa shape index (κ3) is 18900. The molecule has 0 aromatic rings. The van der Waals surface area contributed by atoms with Gasteiger partial charge in [0, 0.05) is 0 Å². The van der Waals surface area contributed by atoms with Crippen molar-refractivity contribution in [3.05, 3.63) is 0 Å². The topological polar surface area (TPSA) is 0 Å². The van der Waals surface area contributed by atoms with Crippen LogP contribution in [0.1, 0.15) is 41.5 Å². The average molecular weight is 152 g/mol. The lowest BCUT2D eigenvalue weighted by molar-refractivity contribution is 0.245. The molecule has 0 radical (unpaired) electrons. The Hall–Kier alpha value is -0.140. The van der Waals surface area contributed by atoms with E-state index in [0.717, 1.165) is 0 Å². The molecular weight excluding hydrogens is 134 g/mol. The number of halogens is 2. The van der Waals surface area contributed by atoms with Crippen LogP contribution in [0.2, 0.25) is 0 Å². The highest BCUT2D eigenvalue weighted by Crippen LogP contribution is 2.03. The second-order valence-electron chi connectivity index (χ2n) is 4.13. The quantitative estimate of drug-likeness (QED) is 0.498. The molecule has 64 valence electrons. The van der Waals surface area contributed by atoms with Gasteiger partial charge >= 0.3 is 0 Å². The van der Waals surface area contributed by atoms with Gasteiger partial charge in [0.05, 0.1) is 0 Å². The van der Waals surface area contributed by atoms with Gasteiger partial charge in [0.15, 0.2) is 0 Å².